The molecule has 9 nitrogen and oxygen atoms in total. The average Bonchev–Trinajstić information content (AvgIpc) is 3.34. The van der Waals surface area contributed by atoms with Crippen LogP contribution in [0.1, 0.15) is 207 Å². The third-order valence-electron chi connectivity index (χ3n) is 11.7. The topological polar surface area (TPSA) is 114 Å². The monoisotopic (exact) mass is 1020 g/mol. The largest absolute Gasteiger partial charge is 0.756 e. The number of nitrogens with zero attached hydrogens (tertiary/aromatic N) is 1. The number of ether oxygens (including phenoxy) is 1. The molecular formula is C62H105N2O7P. The summed E-state index contributed by atoms with van der Waals surface area (Å²) in [6, 6.07) is -0.933. The van der Waals surface area contributed by atoms with Gasteiger partial charge in [-0.05, 0) is 102 Å². The molecule has 0 radical (unpaired) electrons. The minimum Gasteiger partial charge on any atom is -0.756 e. The minimum atomic E-state index is -4.72. The third kappa shape index (κ3) is 51.3. The van der Waals surface area contributed by atoms with E-state index in [-0.39, 0.29) is 25.4 Å². The molecule has 1 amide bonds. The number of hydrogen-bond donors (Lipinski definition) is 1. The maximum absolute atomic E-state index is 13.5. The van der Waals surface area contributed by atoms with Gasteiger partial charge in [-0.25, -0.2) is 0 Å². The van der Waals surface area contributed by atoms with Gasteiger partial charge >= 0.3 is 5.97 Å². The molecule has 0 spiro atoms. The van der Waals surface area contributed by atoms with E-state index in [1.807, 2.05) is 39.4 Å². The van der Waals surface area contributed by atoms with Crippen LogP contribution in [0, 0.1) is 0 Å². The van der Waals surface area contributed by atoms with Crippen LogP contribution in [-0.4, -0.2) is 69.4 Å². The van der Waals surface area contributed by atoms with Crippen LogP contribution in [0.2, 0.25) is 0 Å². The predicted molar refractivity (Wildman–Crippen MR) is 307 cm³/mol. The molecule has 1 N–H and O–H groups in total. The van der Waals surface area contributed by atoms with Gasteiger partial charge in [-0.3, -0.25) is 14.2 Å². The van der Waals surface area contributed by atoms with E-state index in [2.05, 4.69) is 123 Å². The Labute approximate surface area is 442 Å². The predicted octanol–water partition coefficient (Wildman–Crippen LogP) is 16.5. The van der Waals surface area contributed by atoms with Crippen molar-refractivity contribution in [2.45, 2.75) is 219 Å². The molecule has 0 bridgehead atoms. The average molecular weight is 1020 g/mol. The lowest BCUT2D eigenvalue weighted by Gasteiger charge is -2.30. The van der Waals surface area contributed by atoms with Crippen LogP contribution in [0.25, 0.3) is 0 Å². The van der Waals surface area contributed by atoms with Crippen molar-refractivity contribution in [3.8, 4) is 0 Å². The second-order valence-corrected chi connectivity index (χ2v) is 21.1. The van der Waals surface area contributed by atoms with Crippen LogP contribution in [0.4, 0.5) is 0 Å². The molecule has 0 saturated carbocycles. The number of likely N-dealkylation sites (N-methyl/N-ethyl adjacent to an activating group) is 1. The van der Waals surface area contributed by atoms with Gasteiger partial charge in [-0.2, -0.15) is 0 Å². The summed E-state index contributed by atoms with van der Waals surface area (Å²) in [5.41, 5.74) is 0. The van der Waals surface area contributed by atoms with Gasteiger partial charge in [0.1, 0.15) is 19.3 Å². The smallest absolute Gasteiger partial charge is 0.306 e. The second kappa shape index (κ2) is 50.9. The number of quaternary nitrogens is 1. The zero-order valence-corrected chi connectivity index (χ0v) is 47.5. The van der Waals surface area contributed by atoms with Crippen molar-refractivity contribution in [2.75, 3.05) is 40.9 Å². The highest BCUT2D eigenvalue weighted by molar-refractivity contribution is 7.45. The van der Waals surface area contributed by atoms with Gasteiger partial charge in [0.15, 0.2) is 0 Å². The molecule has 0 aliphatic heterocycles. The van der Waals surface area contributed by atoms with Crippen molar-refractivity contribution < 1.29 is 37.3 Å². The zero-order valence-electron chi connectivity index (χ0n) is 46.6. The SMILES string of the molecule is CC/C=C\C/C=C\C/C=C\C/C=C\C/C=C\C/C=C\CCC(=O)OC(/C=C/CCCCCCCCCCC)C(COP(=O)([O-])OCC[N+](C)(C)C)NC(=O)CCCCCCCC/C=C/C/C=C/C/C=C/CC. The highest BCUT2D eigenvalue weighted by Gasteiger charge is 2.27. The summed E-state index contributed by atoms with van der Waals surface area (Å²) in [6.07, 6.45) is 70.4. The first kappa shape index (κ1) is 68.4. The second-order valence-electron chi connectivity index (χ2n) is 19.7. The molecule has 3 unspecified atom stereocenters. The van der Waals surface area contributed by atoms with Crippen LogP contribution < -0.4 is 10.2 Å². The fourth-order valence-corrected chi connectivity index (χ4v) is 8.05. The number of hydrogen-bond acceptors (Lipinski definition) is 7. The van der Waals surface area contributed by atoms with Gasteiger partial charge in [-0.15, -0.1) is 0 Å². The summed E-state index contributed by atoms with van der Waals surface area (Å²) in [6.45, 7) is 6.52. The first-order valence-corrected chi connectivity index (χ1v) is 29.8. The van der Waals surface area contributed by atoms with Crippen molar-refractivity contribution in [3.63, 3.8) is 0 Å². The van der Waals surface area contributed by atoms with Crippen molar-refractivity contribution in [1.29, 1.82) is 0 Å². The Balaban J connectivity index is 5.47. The van der Waals surface area contributed by atoms with E-state index >= 15 is 0 Å². The molecule has 0 heterocycles. The van der Waals surface area contributed by atoms with E-state index in [0.717, 1.165) is 116 Å². The lowest BCUT2D eigenvalue weighted by atomic mass is 10.1. The molecule has 0 aliphatic carbocycles. The summed E-state index contributed by atoms with van der Waals surface area (Å²) in [4.78, 5) is 39.8. The number of carbonyl (C=O) groups excluding carboxylic acids is 2. The van der Waals surface area contributed by atoms with Gasteiger partial charge in [-0.1, -0.05) is 213 Å². The van der Waals surface area contributed by atoms with Gasteiger partial charge < -0.3 is 28.5 Å². The molecule has 10 heteroatoms. The normalized spacial score (nSPS) is 14.7. The summed E-state index contributed by atoms with van der Waals surface area (Å²) in [5, 5.41) is 2.99. The van der Waals surface area contributed by atoms with Crippen molar-refractivity contribution in [3.05, 3.63) is 122 Å². The Kier molecular flexibility index (Phi) is 48.4. The maximum Gasteiger partial charge on any atom is 0.306 e. The van der Waals surface area contributed by atoms with E-state index in [4.69, 9.17) is 13.8 Å². The molecule has 0 aromatic rings. The summed E-state index contributed by atoms with van der Waals surface area (Å²) in [7, 11) is 1.12. The lowest BCUT2D eigenvalue weighted by molar-refractivity contribution is -0.870. The van der Waals surface area contributed by atoms with Gasteiger partial charge in [0.25, 0.3) is 7.82 Å². The van der Waals surface area contributed by atoms with E-state index in [0.29, 0.717) is 23.9 Å². The number of amides is 1. The van der Waals surface area contributed by atoms with E-state index in [9.17, 15) is 19.0 Å². The standard InChI is InChI=1S/C62H105N2O7P/c1-7-10-13-16-19-22-25-27-29-31-32-33-35-37-40-43-46-49-52-55-62(66)71-60(53-50-47-44-41-38-24-21-18-15-12-9-3)59(58-70-72(67,68)69-57-56-64(4,5)6)63-61(65)54-51-48-45-42-39-36-34-30-28-26-23-20-17-14-11-8-2/h10-11,13-14,19-20,22-23,27-30,32-33,37,40,46,49-50,53,59-60H,7-9,12,15-18,21,24-26,31,34-36,38-39,41-45,47-48,51-52,54-58H2,1-6H3,(H-,63,65,67,68)/b13-10-,14-11+,22-19-,23-20+,29-27-,30-28+,33-32-,40-37-,49-46-,53-50+. The highest BCUT2D eigenvalue weighted by Crippen LogP contribution is 2.38. The van der Waals surface area contributed by atoms with E-state index in [1.54, 1.807) is 6.08 Å². The fraction of sp³-hybridized carbons (Fsp3) is 0.645. The zero-order chi connectivity index (χ0) is 52.9. The number of phosphoric ester groups is 1. The van der Waals surface area contributed by atoms with E-state index in [1.165, 1.54) is 44.9 Å². The number of allylic oxidation sites excluding steroid dienone is 19. The Morgan fingerprint density at radius 2 is 0.903 bits per heavy atom. The molecule has 0 saturated heterocycles. The molecule has 0 rings (SSSR count). The number of rotatable bonds is 49. The van der Waals surface area contributed by atoms with E-state index < -0.39 is 32.5 Å². The molecular weight excluding hydrogens is 916 g/mol. The number of phosphoric acid groups is 1. The summed E-state index contributed by atoms with van der Waals surface area (Å²) >= 11 is 0. The Morgan fingerprint density at radius 3 is 1.36 bits per heavy atom. The Morgan fingerprint density at radius 1 is 0.500 bits per heavy atom. The minimum absolute atomic E-state index is 0.0430. The van der Waals surface area contributed by atoms with Gasteiger partial charge in [0.2, 0.25) is 5.91 Å². The molecule has 0 fully saturated rings. The Bertz CT molecular complexity index is 1650. The molecule has 0 aromatic carbocycles. The van der Waals surface area contributed by atoms with Crippen LogP contribution >= 0.6 is 7.82 Å². The molecule has 3 atom stereocenters. The van der Waals surface area contributed by atoms with Crippen LogP contribution in [-0.2, 0) is 27.9 Å². The summed E-state index contributed by atoms with van der Waals surface area (Å²) < 4.78 is 30.1. The lowest BCUT2D eigenvalue weighted by Crippen LogP contribution is -2.47. The van der Waals surface area contributed by atoms with Crippen molar-refractivity contribution in [1.82, 2.24) is 5.32 Å². The maximum atomic E-state index is 13.5. The Hall–Kier alpha value is -3.59. The number of esters is 1. The molecule has 72 heavy (non-hydrogen) atoms. The number of nitrogens with one attached hydrogen (secondary N) is 1. The molecule has 0 aliphatic rings. The quantitative estimate of drug-likeness (QED) is 0.0212. The third-order valence-corrected chi connectivity index (χ3v) is 12.6. The first-order valence-electron chi connectivity index (χ1n) is 28.3. The fourth-order valence-electron chi connectivity index (χ4n) is 7.32. The number of carbonyl (C=O) groups is 2. The van der Waals surface area contributed by atoms with Crippen LogP contribution in [0.15, 0.2) is 122 Å². The van der Waals surface area contributed by atoms with Crippen molar-refractivity contribution in [2.24, 2.45) is 0 Å². The van der Waals surface area contributed by atoms with Crippen LogP contribution in [0.5, 0.6) is 0 Å². The highest BCUT2D eigenvalue weighted by atomic mass is 31.2. The van der Waals surface area contributed by atoms with Gasteiger partial charge in [0.05, 0.1) is 33.8 Å². The van der Waals surface area contributed by atoms with Gasteiger partial charge in [0, 0.05) is 12.8 Å². The number of unbranched alkanes of at least 4 members (excludes halogenated alkanes) is 15. The molecule has 0 aromatic heterocycles. The molecule has 410 valence electrons. The summed E-state index contributed by atoms with van der Waals surface area (Å²) in [5.74, 6) is -0.666. The first-order chi connectivity index (χ1) is 34.9. The van der Waals surface area contributed by atoms with Crippen LogP contribution in [0.3, 0.4) is 0 Å². The van der Waals surface area contributed by atoms with Crippen molar-refractivity contribution >= 4 is 19.7 Å².